The van der Waals surface area contributed by atoms with Gasteiger partial charge in [-0.1, -0.05) is 6.07 Å². The van der Waals surface area contributed by atoms with Crippen molar-refractivity contribution in [2.75, 3.05) is 33.9 Å². The lowest BCUT2D eigenvalue weighted by Gasteiger charge is -2.19. The minimum absolute atomic E-state index is 0.0711. The summed E-state index contributed by atoms with van der Waals surface area (Å²) in [6.45, 7) is 1.56. The third-order valence-electron chi connectivity index (χ3n) is 6.36. The van der Waals surface area contributed by atoms with E-state index in [0.29, 0.717) is 43.6 Å². The van der Waals surface area contributed by atoms with Gasteiger partial charge in [-0.3, -0.25) is 19.4 Å². The lowest BCUT2D eigenvalue weighted by Crippen LogP contribution is -2.34. The molecule has 1 aliphatic rings. The van der Waals surface area contributed by atoms with E-state index in [0.717, 1.165) is 23.1 Å². The molecular weight excluding hydrogens is 467 g/mol. The number of nitrogens with one attached hydrogen (secondary N) is 1. The summed E-state index contributed by atoms with van der Waals surface area (Å²) in [6.07, 6.45) is 3.40. The Morgan fingerprint density at radius 1 is 1.19 bits per heavy atom. The molecule has 0 bridgehead atoms. The Labute approximate surface area is 207 Å². The number of methoxy groups -OCH3 is 2. The van der Waals surface area contributed by atoms with Crippen LogP contribution >= 0.6 is 0 Å². The SMILES string of the molecule is COCCNC(=O)c1c(OC)c2ncc(Cc3ccc(F)cc3CN3CCCC3=O)cc2n(C)c1=O. The van der Waals surface area contributed by atoms with Gasteiger partial charge in [-0.05, 0) is 47.7 Å². The number of carbonyl (C=O) groups is 2. The maximum absolute atomic E-state index is 14.0. The second-order valence-electron chi connectivity index (χ2n) is 8.74. The van der Waals surface area contributed by atoms with Crippen LogP contribution in [-0.2, 0) is 29.5 Å². The Morgan fingerprint density at radius 3 is 2.69 bits per heavy atom. The molecule has 9 nitrogen and oxygen atoms in total. The van der Waals surface area contributed by atoms with Crippen LogP contribution in [0.25, 0.3) is 11.0 Å². The highest BCUT2D eigenvalue weighted by atomic mass is 19.1. The standard InChI is InChI=1S/C26H29FN4O5/c1-30-20-12-16(11-17-6-7-19(27)13-18(17)15-31-9-4-5-21(31)32)14-29-23(20)24(36-3)22(26(30)34)25(33)28-8-10-35-2/h6-7,12-14H,4-5,8-11,15H2,1-3H3,(H,28,33). The van der Waals surface area contributed by atoms with Gasteiger partial charge in [0.25, 0.3) is 11.5 Å². The Bertz CT molecular complexity index is 1370. The van der Waals surface area contributed by atoms with E-state index < -0.39 is 11.5 Å². The molecular formula is C26H29FN4O5. The normalized spacial score (nSPS) is 13.4. The molecule has 1 fully saturated rings. The summed E-state index contributed by atoms with van der Waals surface area (Å²) in [4.78, 5) is 44.2. The van der Waals surface area contributed by atoms with Crippen molar-refractivity contribution in [3.05, 3.63) is 68.9 Å². The van der Waals surface area contributed by atoms with Crippen LogP contribution in [0.2, 0.25) is 0 Å². The molecule has 10 heteroatoms. The molecule has 2 amide bonds. The minimum atomic E-state index is -0.565. The highest BCUT2D eigenvalue weighted by molar-refractivity contribution is 6.01. The van der Waals surface area contributed by atoms with E-state index in [9.17, 15) is 18.8 Å². The van der Waals surface area contributed by atoms with E-state index in [1.54, 1.807) is 24.2 Å². The van der Waals surface area contributed by atoms with E-state index in [4.69, 9.17) is 9.47 Å². The smallest absolute Gasteiger partial charge is 0.267 e. The minimum Gasteiger partial charge on any atom is -0.493 e. The second-order valence-corrected chi connectivity index (χ2v) is 8.74. The molecule has 4 rings (SSSR count). The first-order chi connectivity index (χ1) is 17.3. The summed E-state index contributed by atoms with van der Waals surface area (Å²) in [5, 5.41) is 2.65. The largest absolute Gasteiger partial charge is 0.493 e. The number of aromatic nitrogens is 2. The van der Waals surface area contributed by atoms with Crippen molar-refractivity contribution in [2.45, 2.75) is 25.8 Å². The number of benzene rings is 1. The van der Waals surface area contributed by atoms with Gasteiger partial charge < -0.3 is 24.3 Å². The third kappa shape index (κ3) is 5.08. The van der Waals surface area contributed by atoms with Crippen LogP contribution in [-0.4, -0.2) is 60.2 Å². The number of rotatable bonds is 9. The van der Waals surface area contributed by atoms with Crippen LogP contribution in [0.15, 0.2) is 35.3 Å². The molecule has 0 atom stereocenters. The highest BCUT2D eigenvalue weighted by Gasteiger charge is 2.24. The van der Waals surface area contributed by atoms with Crippen LogP contribution in [0, 0.1) is 5.82 Å². The van der Waals surface area contributed by atoms with E-state index >= 15 is 0 Å². The Balaban J connectivity index is 1.70. The monoisotopic (exact) mass is 496 g/mol. The first kappa shape index (κ1) is 25.3. The molecule has 0 aliphatic carbocycles. The fourth-order valence-corrected chi connectivity index (χ4v) is 4.48. The van der Waals surface area contributed by atoms with Gasteiger partial charge in [0, 0.05) is 46.4 Å². The van der Waals surface area contributed by atoms with Gasteiger partial charge in [-0.25, -0.2) is 4.39 Å². The topological polar surface area (TPSA) is 103 Å². The molecule has 36 heavy (non-hydrogen) atoms. The van der Waals surface area contributed by atoms with Crippen molar-refractivity contribution in [1.82, 2.24) is 19.8 Å². The Kier molecular flexibility index (Phi) is 7.64. The summed E-state index contributed by atoms with van der Waals surface area (Å²) in [5.41, 5.74) is 2.63. The average molecular weight is 497 g/mol. The van der Waals surface area contributed by atoms with Crippen LogP contribution in [0.5, 0.6) is 5.75 Å². The lowest BCUT2D eigenvalue weighted by atomic mass is 9.99. The van der Waals surface area contributed by atoms with Crippen LogP contribution in [0.3, 0.4) is 0 Å². The van der Waals surface area contributed by atoms with Crippen molar-refractivity contribution in [2.24, 2.45) is 7.05 Å². The average Bonchev–Trinajstić information content (AvgIpc) is 3.27. The molecule has 0 unspecified atom stereocenters. The van der Waals surface area contributed by atoms with E-state index in [1.165, 1.54) is 30.9 Å². The number of hydrogen-bond donors (Lipinski definition) is 1. The maximum Gasteiger partial charge on any atom is 0.267 e. The van der Waals surface area contributed by atoms with Crippen molar-refractivity contribution >= 4 is 22.8 Å². The highest BCUT2D eigenvalue weighted by Crippen LogP contribution is 2.27. The molecule has 2 aromatic heterocycles. The molecule has 190 valence electrons. The first-order valence-electron chi connectivity index (χ1n) is 11.7. The maximum atomic E-state index is 14.0. The number of pyridine rings is 2. The predicted octanol–water partition coefficient (Wildman–Crippen LogP) is 2.17. The number of amides is 2. The third-order valence-corrected chi connectivity index (χ3v) is 6.36. The zero-order valence-electron chi connectivity index (χ0n) is 20.6. The summed E-state index contributed by atoms with van der Waals surface area (Å²) >= 11 is 0. The Hall–Kier alpha value is -3.79. The molecule has 0 radical (unpaired) electrons. The van der Waals surface area contributed by atoms with Gasteiger partial charge in [0.1, 0.15) is 16.9 Å². The summed E-state index contributed by atoms with van der Waals surface area (Å²) in [6, 6.07) is 6.38. The van der Waals surface area contributed by atoms with Crippen molar-refractivity contribution in [1.29, 1.82) is 0 Å². The zero-order chi connectivity index (χ0) is 25.8. The van der Waals surface area contributed by atoms with E-state index in [-0.39, 0.29) is 29.6 Å². The number of carbonyl (C=O) groups excluding carboxylic acids is 2. The summed E-state index contributed by atoms with van der Waals surface area (Å²) < 4.78 is 25.8. The van der Waals surface area contributed by atoms with Gasteiger partial charge in [0.05, 0.1) is 19.2 Å². The van der Waals surface area contributed by atoms with E-state index in [2.05, 4.69) is 10.3 Å². The molecule has 0 saturated carbocycles. The number of fused-ring (bicyclic) bond motifs is 1. The van der Waals surface area contributed by atoms with Gasteiger partial charge >= 0.3 is 0 Å². The number of hydrogen-bond acceptors (Lipinski definition) is 6. The molecule has 1 aliphatic heterocycles. The van der Waals surface area contributed by atoms with Gasteiger partial charge in [0.2, 0.25) is 5.91 Å². The molecule has 1 N–H and O–H groups in total. The van der Waals surface area contributed by atoms with Crippen molar-refractivity contribution in [3.8, 4) is 5.75 Å². The number of nitrogens with zero attached hydrogens (tertiary/aromatic N) is 3. The van der Waals surface area contributed by atoms with Crippen LogP contribution in [0.1, 0.15) is 39.9 Å². The predicted molar refractivity (Wildman–Crippen MR) is 132 cm³/mol. The molecule has 3 heterocycles. The van der Waals surface area contributed by atoms with Crippen molar-refractivity contribution in [3.63, 3.8) is 0 Å². The first-order valence-corrected chi connectivity index (χ1v) is 11.7. The molecule has 1 aromatic carbocycles. The quantitative estimate of drug-likeness (QED) is 0.456. The second kappa shape index (κ2) is 10.9. The zero-order valence-corrected chi connectivity index (χ0v) is 20.6. The van der Waals surface area contributed by atoms with Gasteiger partial charge in [-0.2, -0.15) is 0 Å². The molecule has 0 spiro atoms. The molecule has 3 aromatic rings. The van der Waals surface area contributed by atoms with Crippen molar-refractivity contribution < 1.29 is 23.5 Å². The summed E-state index contributed by atoms with van der Waals surface area (Å²) in [5.74, 6) is -0.753. The lowest BCUT2D eigenvalue weighted by molar-refractivity contribution is -0.128. The van der Waals surface area contributed by atoms with Crippen LogP contribution in [0.4, 0.5) is 4.39 Å². The number of aryl methyl sites for hydroxylation is 1. The van der Waals surface area contributed by atoms with Gasteiger partial charge in [0.15, 0.2) is 5.75 Å². The fourth-order valence-electron chi connectivity index (χ4n) is 4.48. The Morgan fingerprint density at radius 2 is 2.00 bits per heavy atom. The fraction of sp³-hybridized carbons (Fsp3) is 0.385. The molecule has 1 saturated heterocycles. The number of halogens is 1. The number of ether oxygens (including phenoxy) is 2. The summed E-state index contributed by atoms with van der Waals surface area (Å²) in [7, 11) is 4.48. The van der Waals surface area contributed by atoms with Gasteiger partial charge in [-0.15, -0.1) is 0 Å². The number of likely N-dealkylation sites (tertiary alicyclic amines) is 1. The van der Waals surface area contributed by atoms with E-state index in [1.807, 2.05) is 6.07 Å². The van der Waals surface area contributed by atoms with Crippen LogP contribution < -0.4 is 15.6 Å².